The molecule has 0 bridgehead atoms. The van der Waals surface area contributed by atoms with E-state index in [0.717, 1.165) is 11.3 Å². The number of aromatic nitrogens is 3. The Kier molecular flexibility index (Phi) is 5.32. The van der Waals surface area contributed by atoms with Crippen molar-refractivity contribution in [2.45, 2.75) is 19.4 Å². The van der Waals surface area contributed by atoms with E-state index in [2.05, 4.69) is 10.1 Å². The van der Waals surface area contributed by atoms with E-state index in [-0.39, 0.29) is 29.0 Å². The number of halogens is 2. The van der Waals surface area contributed by atoms with E-state index in [4.69, 9.17) is 11.6 Å². The summed E-state index contributed by atoms with van der Waals surface area (Å²) in [5.74, 6) is -0.672. The Morgan fingerprint density at radius 3 is 2.62 bits per heavy atom. The molecule has 0 aliphatic carbocycles. The second kappa shape index (κ2) is 7.66. The summed E-state index contributed by atoms with van der Waals surface area (Å²) in [6, 6.07) is 11.9. The normalized spacial score (nSPS) is 12.0. The minimum atomic E-state index is -0.468. The van der Waals surface area contributed by atoms with Gasteiger partial charge in [0.2, 0.25) is 5.91 Å². The molecule has 1 heterocycles. The molecule has 7 heteroatoms. The van der Waals surface area contributed by atoms with Crippen LogP contribution in [0.15, 0.2) is 55.1 Å². The SMILES string of the molecule is C[C@H](c1ccc(-n2cncn2)cc1)N(C)C(=O)Cc1c(F)cccc1Cl. The Balaban J connectivity index is 1.72. The minimum Gasteiger partial charge on any atom is -0.339 e. The third-order valence-electron chi connectivity index (χ3n) is 4.42. The minimum absolute atomic E-state index is 0.0800. The average molecular weight is 373 g/mol. The quantitative estimate of drug-likeness (QED) is 0.684. The highest BCUT2D eigenvalue weighted by Gasteiger charge is 2.20. The van der Waals surface area contributed by atoms with Crippen LogP contribution in [0.3, 0.4) is 0 Å². The molecular weight excluding hydrogens is 355 g/mol. The molecule has 0 N–H and O–H groups in total. The van der Waals surface area contributed by atoms with Crippen LogP contribution in [0.25, 0.3) is 5.69 Å². The fraction of sp³-hybridized carbons (Fsp3) is 0.211. The zero-order valence-corrected chi connectivity index (χ0v) is 15.2. The number of hydrogen-bond donors (Lipinski definition) is 0. The molecule has 0 aliphatic heterocycles. The van der Waals surface area contributed by atoms with Crippen LogP contribution in [0.4, 0.5) is 4.39 Å². The number of rotatable bonds is 5. The van der Waals surface area contributed by atoms with E-state index >= 15 is 0 Å². The van der Waals surface area contributed by atoms with E-state index in [0.29, 0.717) is 0 Å². The maximum atomic E-state index is 13.9. The van der Waals surface area contributed by atoms with E-state index in [9.17, 15) is 9.18 Å². The molecule has 0 spiro atoms. The predicted octanol–water partition coefficient (Wildman–Crippen LogP) is 3.82. The molecule has 0 fully saturated rings. The Hall–Kier alpha value is -2.73. The smallest absolute Gasteiger partial charge is 0.227 e. The van der Waals surface area contributed by atoms with Crippen LogP contribution < -0.4 is 0 Å². The Morgan fingerprint density at radius 2 is 2.00 bits per heavy atom. The first kappa shape index (κ1) is 18.1. The summed E-state index contributed by atoms with van der Waals surface area (Å²) in [5, 5.41) is 4.34. The number of hydrogen-bond acceptors (Lipinski definition) is 3. The highest BCUT2D eigenvalue weighted by Crippen LogP contribution is 2.24. The van der Waals surface area contributed by atoms with Crippen molar-refractivity contribution in [2.24, 2.45) is 0 Å². The topological polar surface area (TPSA) is 51.0 Å². The van der Waals surface area contributed by atoms with Crippen LogP contribution in [-0.4, -0.2) is 32.6 Å². The summed E-state index contributed by atoms with van der Waals surface area (Å²) in [6.07, 6.45) is 3.01. The Morgan fingerprint density at radius 1 is 1.27 bits per heavy atom. The molecule has 3 rings (SSSR count). The zero-order valence-electron chi connectivity index (χ0n) is 14.4. The molecule has 0 radical (unpaired) electrons. The number of amides is 1. The standard InChI is InChI=1S/C19H18ClFN4O/c1-13(14-6-8-15(9-7-14)25-12-22-11-23-25)24(2)19(26)10-16-17(20)4-3-5-18(16)21/h3-9,11-13H,10H2,1-2H3/t13-/m1/s1. The third-order valence-corrected chi connectivity index (χ3v) is 4.78. The predicted molar refractivity (Wildman–Crippen MR) is 97.7 cm³/mol. The van der Waals surface area contributed by atoms with Crippen molar-refractivity contribution < 1.29 is 9.18 Å². The molecule has 1 aromatic heterocycles. The number of nitrogens with zero attached hydrogens (tertiary/aromatic N) is 4. The molecule has 0 saturated carbocycles. The lowest BCUT2D eigenvalue weighted by Gasteiger charge is -2.26. The first-order chi connectivity index (χ1) is 12.5. The molecule has 1 atom stereocenters. The molecule has 0 saturated heterocycles. The summed E-state index contributed by atoms with van der Waals surface area (Å²) in [7, 11) is 1.70. The van der Waals surface area contributed by atoms with Crippen LogP contribution in [0.1, 0.15) is 24.1 Å². The molecule has 0 aliphatic rings. The first-order valence-corrected chi connectivity index (χ1v) is 8.48. The molecular formula is C19H18ClFN4O. The lowest BCUT2D eigenvalue weighted by molar-refractivity contribution is -0.131. The van der Waals surface area contributed by atoms with Crippen molar-refractivity contribution in [3.8, 4) is 5.69 Å². The van der Waals surface area contributed by atoms with Crippen LogP contribution in [-0.2, 0) is 11.2 Å². The molecule has 5 nitrogen and oxygen atoms in total. The van der Waals surface area contributed by atoms with Gasteiger partial charge in [0.05, 0.1) is 18.2 Å². The zero-order chi connectivity index (χ0) is 18.7. The van der Waals surface area contributed by atoms with Gasteiger partial charge in [-0.05, 0) is 36.8 Å². The van der Waals surface area contributed by atoms with Gasteiger partial charge in [0.1, 0.15) is 18.5 Å². The van der Waals surface area contributed by atoms with Crippen LogP contribution in [0, 0.1) is 5.82 Å². The second-order valence-corrected chi connectivity index (χ2v) is 6.40. The molecule has 2 aromatic carbocycles. The van der Waals surface area contributed by atoms with Gasteiger partial charge in [-0.15, -0.1) is 0 Å². The number of benzene rings is 2. The van der Waals surface area contributed by atoms with Crippen molar-refractivity contribution in [1.82, 2.24) is 19.7 Å². The van der Waals surface area contributed by atoms with E-state index in [1.165, 1.54) is 18.5 Å². The van der Waals surface area contributed by atoms with Gasteiger partial charge < -0.3 is 4.90 Å². The van der Waals surface area contributed by atoms with Gasteiger partial charge in [-0.3, -0.25) is 4.79 Å². The van der Waals surface area contributed by atoms with Gasteiger partial charge in [-0.25, -0.2) is 14.1 Å². The van der Waals surface area contributed by atoms with Crippen molar-refractivity contribution in [1.29, 1.82) is 0 Å². The maximum absolute atomic E-state index is 13.9. The first-order valence-electron chi connectivity index (χ1n) is 8.11. The van der Waals surface area contributed by atoms with Gasteiger partial charge in [-0.1, -0.05) is 29.8 Å². The third kappa shape index (κ3) is 3.75. The molecule has 26 heavy (non-hydrogen) atoms. The monoisotopic (exact) mass is 372 g/mol. The Labute approximate surface area is 156 Å². The van der Waals surface area contributed by atoms with Gasteiger partial charge in [0, 0.05) is 17.6 Å². The van der Waals surface area contributed by atoms with Gasteiger partial charge >= 0.3 is 0 Å². The summed E-state index contributed by atoms with van der Waals surface area (Å²) in [5.41, 5.74) is 2.06. The number of carbonyl (C=O) groups is 1. The highest BCUT2D eigenvalue weighted by atomic mass is 35.5. The molecule has 1 amide bonds. The fourth-order valence-electron chi connectivity index (χ4n) is 2.66. The van der Waals surface area contributed by atoms with E-state index < -0.39 is 5.82 Å². The Bertz CT molecular complexity index is 876. The van der Waals surface area contributed by atoms with Gasteiger partial charge in [-0.2, -0.15) is 5.10 Å². The molecule has 0 unspecified atom stereocenters. The lowest BCUT2D eigenvalue weighted by atomic mass is 10.1. The van der Waals surface area contributed by atoms with Crippen LogP contribution in [0.2, 0.25) is 5.02 Å². The summed E-state index contributed by atoms with van der Waals surface area (Å²) in [6.45, 7) is 1.92. The van der Waals surface area contributed by atoms with Crippen molar-refractivity contribution in [3.05, 3.63) is 77.1 Å². The van der Waals surface area contributed by atoms with Crippen LogP contribution >= 0.6 is 11.6 Å². The van der Waals surface area contributed by atoms with Crippen molar-refractivity contribution >= 4 is 17.5 Å². The summed E-state index contributed by atoms with van der Waals surface area (Å²) < 4.78 is 15.6. The second-order valence-electron chi connectivity index (χ2n) is 5.99. The highest BCUT2D eigenvalue weighted by molar-refractivity contribution is 6.31. The summed E-state index contributed by atoms with van der Waals surface area (Å²) >= 11 is 6.02. The van der Waals surface area contributed by atoms with Crippen LogP contribution in [0.5, 0.6) is 0 Å². The summed E-state index contributed by atoms with van der Waals surface area (Å²) in [4.78, 5) is 18.1. The fourth-order valence-corrected chi connectivity index (χ4v) is 2.89. The number of carbonyl (C=O) groups excluding carboxylic acids is 1. The number of likely N-dealkylation sites (N-methyl/N-ethyl adjacent to an activating group) is 1. The van der Waals surface area contributed by atoms with Gasteiger partial charge in [0.15, 0.2) is 0 Å². The van der Waals surface area contributed by atoms with Gasteiger partial charge in [0.25, 0.3) is 0 Å². The maximum Gasteiger partial charge on any atom is 0.227 e. The molecule has 3 aromatic rings. The van der Waals surface area contributed by atoms with Crippen molar-refractivity contribution in [3.63, 3.8) is 0 Å². The average Bonchev–Trinajstić information content (AvgIpc) is 3.18. The molecule has 134 valence electrons. The lowest BCUT2D eigenvalue weighted by Crippen LogP contribution is -2.31. The van der Waals surface area contributed by atoms with E-state index in [1.54, 1.807) is 29.0 Å². The van der Waals surface area contributed by atoms with E-state index in [1.807, 2.05) is 31.2 Å². The van der Waals surface area contributed by atoms with Crippen molar-refractivity contribution in [2.75, 3.05) is 7.05 Å². The largest absolute Gasteiger partial charge is 0.339 e.